The van der Waals surface area contributed by atoms with Crippen molar-refractivity contribution in [3.8, 4) is 5.69 Å². The molecule has 0 unspecified atom stereocenters. The van der Waals surface area contributed by atoms with Crippen LogP contribution in [0.5, 0.6) is 0 Å². The first-order valence-corrected chi connectivity index (χ1v) is 4.67. The van der Waals surface area contributed by atoms with Crippen molar-refractivity contribution in [2.75, 3.05) is 5.73 Å². The molecule has 2 rings (SSSR count). The number of nitrogen functional groups attached to an aromatic ring is 1. The summed E-state index contributed by atoms with van der Waals surface area (Å²) in [6.45, 7) is 1.98. The molecule has 16 heavy (non-hydrogen) atoms. The van der Waals surface area contributed by atoms with E-state index in [-0.39, 0.29) is 11.5 Å². The van der Waals surface area contributed by atoms with E-state index in [9.17, 15) is 4.79 Å². The summed E-state index contributed by atoms with van der Waals surface area (Å²) in [4.78, 5) is 10.9. The Morgan fingerprint density at radius 3 is 2.44 bits per heavy atom. The van der Waals surface area contributed by atoms with Gasteiger partial charge in [0.15, 0.2) is 11.5 Å². The lowest BCUT2D eigenvalue weighted by molar-refractivity contribution is 0.0996. The van der Waals surface area contributed by atoms with Crippen molar-refractivity contribution in [3.63, 3.8) is 0 Å². The van der Waals surface area contributed by atoms with Crippen LogP contribution in [0.4, 0.5) is 5.82 Å². The molecular formula is C10H11N5O. The van der Waals surface area contributed by atoms with Gasteiger partial charge in [0.1, 0.15) is 0 Å². The highest BCUT2D eigenvalue weighted by Gasteiger charge is 2.14. The first-order valence-electron chi connectivity index (χ1n) is 4.67. The molecule has 0 bridgehead atoms. The van der Waals surface area contributed by atoms with Crippen molar-refractivity contribution in [2.24, 2.45) is 5.73 Å². The van der Waals surface area contributed by atoms with Crippen molar-refractivity contribution < 1.29 is 4.79 Å². The summed E-state index contributed by atoms with van der Waals surface area (Å²) in [5.41, 5.74) is 12.7. The predicted octanol–water partition coefficient (Wildman–Crippen LogP) is 0.257. The summed E-state index contributed by atoms with van der Waals surface area (Å²) < 4.78 is 1.37. The first-order chi connectivity index (χ1) is 7.59. The molecule has 1 aromatic carbocycles. The molecule has 1 heterocycles. The summed E-state index contributed by atoms with van der Waals surface area (Å²) in [6.07, 6.45) is 0. The van der Waals surface area contributed by atoms with Gasteiger partial charge in [0, 0.05) is 0 Å². The van der Waals surface area contributed by atoms with Gasteiger partial charge in [-0.15, -0.1) is 5.10 Å². The largest absolute Gasteiger partial charge is 0.382 e. The Balaban J connectivity index is 2.49. The minimum atomic E-state index is -0.684. The van der Waals surface area contributed by atoms with E-state index in [0.29, 0.717) is 0 Å². The number of hydrogen-bond donors (Lipinski definition) is 2. The molecule has 0 aliphatic rings. The smallest absolute Gasteiger partial charge is 0.273 e. The maximum Gasteiger partial charge on any atom is 0.273 e. The van der Waals surface area contributed by atoms with Crippen LogP contribution in [0.25, 0.3) is 5.69 Å². The van der Waals surface area contributed by atoms with Gasteiger partial charge in [0.25, 0.3) is 5.91 Å². The fourth-order valence-corrected chi connectivity index (χ4v) is 1.34. The van der Waals surface area contributed by atoms with Crippen LogP contribution in [-0.2, 0) is 0 Å². The van der Waals surface area contributed by atoms with E-state index in [2.05, 4.69) is 10.3 Å². The molecule has 0 aliphatic heterocycles. The highest BCUT2D eigenvalue weighted by molar-refractivity contribution is 5.95. The summed E-state index contributed by atoms with van der Waals surface area (Å²) in [5, 5.41) is 7.41. The van der Waals surface area contributed by atoms with Crippen LogP contribution in [0.1, 0.15) is 16.1 Å². The number of rotatable bonds is 2. The van der Waals surface area contributed by atoms with E-state index in [1.807, 2.05) is 31.2 Å². The van der Waals surface area contributed by atoms with Gasteiger partial charge in [-0.25, -0.2) is 0 Å². The summed E-state index contributed by atoms with van der Waals surface area (Å²) in [6, 6.07) is 7.51. The predicted molar refractivity (Wildman–Crippen MR) is 59.0 cm³/mol. The highest BCUT2D eigenvalue weighted by atomic mass is 16.1. The van der Waals surface area contributed by atoms with Crippen molar-refractivity contribution >= 4 is 11.7 Å². The third-order valence-corrected chi connectivity index (χ3v) is 2.22. The third kappa shape index (κ3) is 1.60. The van der Waals surface area contributed by atoms with Gasteiger partial charge >= 0.3 is 0 Å². The maximum absolute atomic E-state index is 10.9. The van der Waals surface area contributed by atoms with E-state index >= 15 is 0 Å². The molecule has 4 N–H and O–H groups in total. The van der Waals surface area contributed by atoms with Crippen LogP contribution < -0.4 is 11.5 Å². The van der Waals surface area contributed by atoms with Crippen LogP contribution in [-0.4, -0.2) is 20.9 Å². The van der Waals surface area contributed by atoms with E-state index in [1.54, 1.807) is 0 Å². The normalized spacial score (nSPS) is 10.3. The standard InChI is InChI=1S/C10H11N5O/c1-6-2-4-7(5-3-6)15-9(11)8(10(12)16)13-14-15/h2-5H,11H2,1H3,(H2,12,16). The number of benzene rings is 1. The molecule has 1 amide bonds. The number of nitrogens with two attached hydrogens (primary N) is 2. The number of amides is 1. The lowest BCUT2D eigenvalue weighted by Crippen LogP contribution is -2.14. The maximum atomic E-state index is 10.9. The van der Waals surface area contributed by atoms with Crippen molar-refractivity contribution in [3.05, 3.63) is 35.5 Å². The number of carbonyl (C=O) groups is 1. The summed E-state index contributed by atoms with van der Waals surface area (Å²) in [5.74, 6) is -0.535. The van der Waals surface area contributed by atoms with Gasteiger partial charge in [0.05, 0.1) is 5.69 Å². The second-order valence-corrected chi connectivity index (χ2v) is 3.43. The lowest BCUT2D eigenvalue weighted by atomic mass is 10.2. The minimum absolute atomic E-state index is 0.0134. The van der Waals surface area contributed by atoms with Crippen molar-refractivity contribution in [1.29, 1.82) is 0 Å². The van der Waals surface area contributed by atoms with Crippen LogP contribution in [0.15, 0.2) is 24.3 Å². The fourth-order valence-electron chi connectivity index (χ4n) is 1.34. The number of aromatic nitrogens is 3. The second-order valence-electron chi connectivity index (χ2n) is 3.43. The molecule has 0 fully saturated rings. The zero-order valence-electron chi connectivity index (χ0n) is 8.71. The first kappa shape index (κ1) is 10.2. The molecule has 0 aliphatic carbocycles. The Morgan fingerprint density at radius 1 is 1.31 bits per heavy atom. The molecule has 6 heteroatoms. The minimum Gasteiger partial charge on any atom is -0.382 e. The molecule has 1 aromatic heterocycles. The van der Waals surface area contributed by atoms with Gasteiger partial charge in [-0.1, -0.05) is 22.9 Å². The van der Waals surface area contributed by atoms with Crippen molar-refractivity contribution in [2.45, 2.75) is 6.92 Å². The zero-order valence-corrected chi connectivity index (χ0v) is 8.71. The fraction of sp³-hybridized carbons (Fsp3) is 0.100. The van der Waals surface area contributed by atoms with Crippen LogP contribution in [0, 0.1) is 6.92 Å². The number of carbonyl (C=O) groups excluding carboxylic acids is 1. The molecule has 0 saturated heterocycles. The lowest BCUT2D eigenvalue weighted by Gasteiger charge is -2.02. The van der Waals surface area contributed by atoms with Gasteiger partial charge in [-0.3, -0.25) is 4.79 Å². The van der Waals surface area contributed by atoms with Gasteiger partial charge < -0.3 is 11.5 Å². The van der Waals surface area contributed by atoms with Gasteiger partial charge in [0.2, 0.25) is 0 Å². The van der Waals surface area contributed by atoms with E-state index < -0.39 is 5.91 Å². The molecule has 0 atom stereocenters. The van der Waals surface area contributed by atoms with E-state index in [1.165, 1.54) is 4.68 Å². The Hall–Kier alpha value is -2.37. The molecule has 2 aromatic rings. The van der Waals surface area contributed by atoms with Crippen LogP contribution >= 0.6 is 0 Å². The quantitative estimate of drug-likeness (QED) is 0.753. The molecule has 0 spiro atoms. The molecule has 6 nitrogen and oxygen atoms in total. The monoisotopic (exact) mass is 217 g/mol. The SMILES string of the molecule is Cc1ccc(-n2nnc(C(N)=O)c2N)cc1. The topological polar surface area (TPSA) is 99.8 Å². The van der Waals surface area contributed by atoms with Gasteiger partial charge in [-0.2, -0.15) is 4.68 Å². The zero-order chi connectivity index (χ0) is 11.7. The Kier molecular flexibility index (Phi) is 2.32. The Bertz CT molecular complexity index is 529. The Labute approximate surface area is 91.9 Å². The summed E-state index contributed by atoms with van der Waals surface area (Å²) in [7, 11) is 0. The molecule has 82 valence electrons. The second kappa shape index (κ2) is 3.65. The van der Waals surface area contributed by atoms with E-state index in [4.69, 9.17) is 11.5 Å². The van der Waals surface area contributed by atoms with E-state index in [0.717, 1.165) is 11.3 Å². The number of hydrogen-bond acceptors (Lipinski definition) is 4. The van der Waals surface area contributed by atoms with Crippen molar-refractivity contribution in [1.82, 2.24) is 15.0 Å². The molecule has 0 radical (unpaired) electrons. The average Bonchev–Trinajstić information content (AvgIpc) is 2.61. The molecular weight excluding hydrogens is 206 g/mol. The number of aryl methyl sites for hydroxylation is 1. The number of primary amides is 1. The summed E-state index contributed by atoms with van der Waals surface area (Å²) >= 11 is 0. The van der Waals surface area contributed by atoms with Crippen LogP contribution in [0.2, 0.25) is 0 Å². The van der Waals surface area contributed by atoms with Crippen LogP contribution in [0.3, 0.4) is 0 Å². The Morgan fingerprint density at radius 2 is 1.94 bits per heavy atom. The highest BCUT2D eigenvalue weighted by Crippen LogP contribution is 2.14. The van der Waals surface area contributed by atoms with Gasteiger partial charge in [-0.05, 0) is 19.1 Å². The number of anilines is 1. The number of nitrogens with zero attached hydrogens (tertiary/aromatic N) is 3. The third-order valence-electron chi connectivity index (χ3n) is 2.22. The molecule has 0 saturated carbocycles. The average molecular weight is 217 g/mol.